The number of ketones is 1. The smallest absolute Gasteiger partial charge is 0.350 e. The number of aryl methyl sites for hydroxylation is 1. The maximum atomic E-state index is 14.7. The van der Waals surface area contributed by atoms with Gasteiger partial charge in [-0.05, 0) is 41.7 Å². The topological polar surface area (TPSA) is 104 Å². The van der Waals surface area contributed by atoms with Crippen LogP contribution in [0.5, 0.6) is 0 Å². The summed E-state index contributed by atoms with van der Waals surface area (Å²) >= 11 is 12.0. The van der Waals surface area contributed by atoms with Gasteiger partial charge in [0.1, 0.15) is 6.04 Å². The summed E-state index contributed by atoms with van der Waals surface area (Å²) < 4.78 is 66.4. The molecule has 42 heavy (non-hydrogen) atoms. The molecule has 0 radical (unpaired) electrons. The van der Waals surface area contributed by atoms with Gasteiger partial charge in [-0.15, -0.1) is 0 Å². The Kier molecular flexibility index (Phi) is 12.7. The normalized spacial score (nSPS) is 13.3. The molecule has 0 aromatic heterocycles. The second-order valence-corrected chi connectivity index (χ2v) is 10.8. The Labute approximate surface area is 249 Å². The molecule has 3 amide bonds. The van der Waals surface area contributed by atoms with Crippen molar-refractivity contribution in [1.82, 2.24) is 16.0 Å². The van der Waals surface area contributed by atoms with Crippen LogP contribution < -0.4 is 16.0 Å². The van der Waals surface area contributed by atoms with Crippen LogP contribution >= 0.6 is 23.2 Å². The third-order valence-electron chi connectivity index (χ3n) is 6.03. The number of hydrogen-bond acceptors (Lipinski definition) is 4. The number of rotatable bonds is 14. The Morgan fingerprint density at radius 2 is 1.45 bits per heavy atom. The lowest BCUT2D eigenvalue weighted by Gasteiger charge is -2.27. The van der Waals surface area contributed by atoms with Gasteiger partial charge in [-0.2, -0.15) is 22.0 Å². The van der Waals surface area contributed by atoms with Gasteiger partial charge in [-0.25, -0.2) is 0 Å². The zero-order valence-electron chi connectivity index (χ0n) is 22.7. The number of benzene rings is 2. The van der Waals surface area contributed by atoms with Crippen molar-refractivity contribution in [3.63, 3.8) is 0 Å². The minimum absolute atomic E-state index is 0.0608. The van der Waals surface area contributed by atoms with E-state index in [-0.39, 0.29) is 19.3 Å². The van der Waals surface area contributed by atoms with Crippen LogP contribution in [0.1, 0.15) is 37.8 Å². The van der Waals surface area contributed by atoms with Crippen molar-refractivity contribution in [2.45, 2.75) is 63.7 Å². The zero-order valence-corrected chi connectivity index (χ0v) is 24.2. The molecule has 14 heteroatoms. The van der Waals surface area contributed by atoms with Gasteiger partial charge < -0.3 is 16.0 Å². The number of halogens is 7. The Morgan fingerprint density at radius 3 is 2.00 bits per heavy atom. The molecule has 0 saturated heterocycles. The summed E-state index contributed by atoms with van der Waals surface area (Å²) in [6, 6.07) is 10.0. The molecule has 0 spiro atoms. The van der Waals surface area contributed by atoms with E-state index >= 15 is 0 Å². The van der Waals surface area contributed by atoms with E-state index in [1.54, 1.807) is 42.5 Å². The lowest BCUT2D eigenvalue weighted by atomic mass is 9.94. The van der Waals surface area contributed by atoms with Crippen LogP contribution in [0.2, 0.25) is 10.0 Å². The number of amides is 3. The number of carbonyl (C=O) groups is 4. The van der Waals surface area contributed by atoms with Crippen molar-refractivity contribution in [3.8, 4) is 0 Å². The van der Waals surface area contributed by atoms with Crippen LogP contribution in [0.15, 0.2) is 48.5 Å². The van der Waals surface area contributed by atoms with Crippen molar-refractivity contribution in [3.05, 3.63) is 69.7 Å². The molecule has 7 nitrogen and oxygen atoms in total. The summed E-state index contributed by atoms with van der Waals surface area (Å²) in [6.07, 6.45) is -6.21. The summed E-state index contributed by atoms with van der Waals surface area (Å²) in [5, 5.41) is 6.89. The van der Waals surface area contributed by atoms with Crippen LogP contribution in [0.4, 0.5) is 22.0 Å². The van der Waals surface area contributed by atoms with E-state index in [1.165, 1.54) is 25.2 Å². The van der Waals surface area contributed by atoms with Gasteiger partial charge in [0, 0.05) is 29.4 Å². The molecule has 0 aliphatic heterocycles. The average Bonchev–Trinajstić information content (AvgIpc) is 2.88. The summed E-state index contributed by atoms with van der Waals surface area (Å²) in [5.74, 6) is -11.4. The predicted molar refractivity (Wildman–Crippen MR) is 147 cm³/mol. The molecule has 0 unspecified atom stereocenters. The molecule has 2 rings (SSSR count). The SMILES string of the molecule is CC(C)[C@H](NC(=O)[C@H](Cc1ccccc1)NC(=O)CCc1cc(Cl)cc(Cl)c1)C(=O)C(F)(F)C(=O)NCCC(F)(F)F. The van der Waals surface area contributed by atoms with Crippen LogP contribution in [0, 0.1) is 5.92 Å². The number of nitrogens with one attached hydrogen (secondary N) is 3. The number of hydrogen-bond donors (Lipinski definition) is 3. The van der Waals surface area contributed by atoms with E-state index in [4.69, 9.17) is 23.2 Å². The zero-order chi connectivity index (χ0) is 31.7. The largest absolute Gasteiger partial charge is 0.390 e. The molecule has 2 aromatic rings. The second kappa shape index (κ2) is 15.3. The van der Waals surface area contributed by atoms with Crippen molar-refractivity contribution in [1.29, 1.82) is 0 Å². The first-order valence-electron chi connectivity index (χ1n) is 12.9. The maximum Gasteiger partial charge on any atom is 0.390 e. The summed E-state index contributed by atoms with van der Waals surface area (Å²) in [5.41, 5.74) is 1.27. The fourth-order valence-corrected chi connectivity index (χ4v) is 4.43. The van der Waals surface area contributed by atoms with Crippen molar-refractivity contribution in [2.24, 2.45) is 5.92 Å². The van der Waals surface area contributed by atoms with Crippen LogP contribution in [0.25, 0.3) is 0 Å². The van der Waals surface area contributed by atoms with Gasteiger partial charge in [0.15, 0.2) is 0 Å². The number of Topliss-reactive ketones (excluding diaryl/α,β-unsaturated/α-hetero) is 1. The number of alkyl halides is 5. The fraction of sp³-hybridized carbons (Fsp3) is 0.429. The van der Waals surface area contributed by atoms with E-state index in [2.05, 4.69) is 10.6 Å². The second-order valence-electron chi connectivity index (χ2n) is 9.88. The molecule has 0 aliphatic rings. The lowest BCUT2D eigenvalue weighted by molar-refractivity contribution is -0.162. The summed E-state index contributed by atoms with van der Waals surface area (Å²) in [7, 11) is 0. The molecule has 0 heterocycles. The van der Waals surface area contributed by atoms with Crippen molar-refractivity contribution >= 4 is 46.7 Å². The fourth-order valence-electron chi connectivity index (χ4n) is 3.86. The molecule has 3 N–H and O–H groups in total. The monoisotopic (exact) mass is 637 g/mol. The predicted octanol–water partition coefficient (Wildman–Crippen LogP) is 5.07. The van der Waals surface area contributed by atoms with Crippen molar-refractivity contribution in [2.75, 3.05) is 6.54 Å². The van der Waals surface area contributed by atoms with Gasteiger partial charge in [0.2, 0.25) is 17.6 Å². The maximum absolute atomic E-state index is 14.7. The lowest BCUT2D eigenvalue weighted by Crippen LogP contribution is -2.59. The van der Waals surface area contributed by atoms with E-state index in [0.29, 0.717) is 21.2 Å². The highest BCUT2D eigenvalue weighted by Crippen LogP contribution is 2.23. The Morgan fingerprint density at radius 1 is 0.857 bits per heavy atom. The standard InChI is InChI=1S/C28H30Cl2F5N3O4/c1-16(2)23(24(40)28(34,35)26(42)36-11-10-27(31,32)33)38-25(41)21(14-17-6-4-3-5-7-17)37-22(39)9-8-18-12-19(29)15-20(30)13-18/h3-7,12-13,15-16,21,23H,8-11,14H2,1-2H3,(H,36,42)(H,37,39)(H,38,41)/t21-,23-/m0/s1. The molecule has 230 valence electrons. The summed E-state index contributed by atoms with van der Waals surface area (Å²) in [4.78, 5) is 50.7. The average molecular weight is 638 g/mol. The molecule has 0 saturated carbocycles. The van der Waals surface area contributed by atoms with Crippen LogP contribution in [-0.4, -0.2) is 54.2 Å². The molecular weight excluding hydrogens is 608 g/mol. The minimum atomic E-state index is -4.73. The first kappa shape index (κ1) is 34.9. The van der Waals surface area contributed by atoms with Crippen LogP contribution in [-0.2, 0) is 32.0 Å². The molecule has 0 fully saturated rings. The molecule has 0 aliphatic carbocycles. The highest BCUT2D eigenvalue weighted by atomic mass is 35.5. The van der Waals surface area contributed by atoms with Gasteiger partial charge in [0.25, 0.3) is 5.91 Å². The third kappa shape index (κ3) is 11.2. The Balaban J connectivity index is 2.18. The van der Waals surface area contributed by atoms with Crippen molar-refractivity contribution < 1.29 is 41.1 Å². The first-order chi connectivity index (χ1) is 19.5. The van der Waals surface area contributed by atoms with E-state index < -0.39 is 66.6 Å². The Hall–Kier alpha value is -3.25. The van der Waals surface area contributed by atoms with Gasteiger partial charge in [0.05, 0.1) is 12.5 Å². The third-order valence-corrected chi connectivity index (χ3v) is 6.47. The molecule has 2 atom stereocenters. The van der Waals surface area contributed by atoms with Gasteiger partial charge >= 0.3 is 12.1 Å². The molecular formula is C28H30Cl2F5N3O4. The minimum Gasteiger partial charge on any atom is -0.350 e. The van der Waals surface area contributed by atoms with Gasteiger partial charge in [-0.3, -0.25) is 19.2 Å². The quantitative estimate of drug-likeness (QED) is 0.199. The highest BCUT2D eigenvalue weighted by Gasteiger charge is 2.51. The molecule has 2 aromatic carbocycles. The Bertz CT molecular complexity index is 1240. The van der Waals surface area contributed by atoms with Crippen LogP contribution in [0.3, 0.4) is 0 Å². The van der Waals surface area contributed by atoms with E-state index in [9.17, 15) is 41.1 Å². The summed E-state index contributed by atoms with van der Waals surface area (Å²) in [6.45, 7) is 1.51. The van der Waals surface area contributed by atoms with E-state index in [1.807, 2.05) is 0 Å². The highest BCUT2D eigenvalue weighted by molar-refractivity contribution is 6.34. The number of carbonyl (C=O) groups excluding carboxylic acids is 4. The van der Waals surface area contributed by atoms with Gasteiger partial charge in [-0.1, -0.05) is 67.4 Å². The molecule has 0 bridgehead atoms. The van der Waals surface area contributed by atoms with E-state index in [0.717, 1.165) is 0 Å². The first-order valence-corrected chi connectivity index (χ1v) is 13.6.